The van der Waals surface area contributed by atoms with Gasteiger partial charge in [-0.15, -0.1) is 10.2 Å². The lowest BCUT2D eigenvalue weighted by Gasteiger charge is -2.26. The molecule has 0 amide bonds. The summed E-state index contributed by atoms with van der Waals surface area (Å²) in [4.78, 5) is 0. The first-order valence-corrected chi connectivity index (χ1v) is 10.2. The van der Waals surface area contributed by atoms with Crippen molar-refractivity contribution in [3.63, 3.8) is 0 Å². The molecule has 1 heterocycles. The van der Waals surface area contributed by atoms with Gasteiger partial charge >= 0.3 is 0 Å². The van der Waals surface area contributed by atoms with Gasteiger partial charge in [0, 0.05) is 11.3 Å². The van der Waals surface area contributed by atoms with Crippen molar-refractivity contribution in [1.29, 1.82) is 0 Å². The SMILES string of the molecule is O[C@H](CO[C@H]1CCCc2ccccc21)CSc1nnc(-c2ccccc2)o1. The normalized spacial score (nSPS) is 17.4. The third-order valence-corrected chi connectivity index (χ3v) is 5.59. The van der Waals surface area contributed by atoms with Crippen molar-refractivity contribution in [3.05, 3.63) is 65.7 Å². The fraction of sp³-hybridized carbons (Fsp3) is 0.333. The fourth-order valence-corrected chi connectivity index (χ4v) is 3.96. The van der Waals surface area contributed by atoms with Crippen molar-refractivity contribution < 1.29 is 14.3 Å². The molecule has 1 aliphatic carbocycles. The molecule has 5 nitrogen and oxygen atoms in total. The summed E-state index contributed by atoms with van der Waals surface area (Å²) in [6.07, 6.45) is 2.71. The van der Waals surface area contributed by atoms with Crippen LogP contribution in [0.2, 0.25) is 0 Å². The van der Waals surface area contributed by atoms with E-state index in [1.54, 1.807) is 0 Å². The molecule has 0 radical (unpaired) electrons. The van der Waals surface area contributed by atoms with Gasteiger partial charge in [0.25, 0.3) is 5.22 Å². The van der Waals surface area contributed by atoms with Crippen LogP contribution in [0.1, 0.15) is 30.1 Å². The van der Waals surface area contributed by atoms with Crippen LogP contribution in [0.15, 0.2) is 64.2 Å². The lowest BCUT2D eigenvalue weighted by atomic mass is 9.89. The monoisotopic (exact) mass is 382 g/mol. The van der Waals surface area contributed by atoms with E-state index < -0.39 is 6.10 Å². The number of thioether (sulfide) groups is 1. The lowest BCUT2D eigenvalue weighted by Crippen LogP contribution is -2.22. The van der Waals surface area contributed by atoms with E-state index in [9.17, 15) is 5.11 Å². The van der Waals surface area contributed by atoms with Crippen LogP contribution in [0.25, 0.3) is 11.5 Å². The number of rotatable bonds is 7. The molecular weight excluding hydrogens is 360 g/mol. The van der Waals surface area contributed by atoms with Gasteiger partial charge in [-0.05, 0) is 42.5 Å². The Balaban J connectivity index is 1.27. The molecule has 3 aromatic rings. The zero-order valence-corrected chi connectivity index (χ0v) is 15.8. The highest BCUT2D eigenvalue weighted by Gasteiger charge is 2.21. The second-order valence-corrected chi connectivity index (χ2v) is 7.59. The van der Waals surface area contributed by atoms with Crippen molar-refractivity contribution in [1.82, 2.24) is 10.2 Å². The summed E-state index contributed by atoms with van der Waals surface area (Å²) in [5, 5.41) is 18.8. The number of hydrogen-bond acceptors (Lipinski definition) is 6. The molecule has 27 heavy (non-hydrogen) atoms. The van der Waals surface area contributed by atoms with E-state index in [0.29, 0.717) is 23.5 Å². The third-order valence-electron chi connectivity index (χ3n) is 4.63. The molecule has 0 saturated heterocycles. The van der Waals surface area contributed by atoms with Crippen LogP contribution in [0, 0.1) is 0 Å². The van der Waals surface area contributed by atoms with Gasteiger partial charge in [0.1, 0.15) is 0 Å². The maximum Gasteiger partial charge on any atom is 0.276 e. The van der Waals surface area contributed by atoms with Crippen LogP contribution in [0.4, 0.5) is 0 Å². The number of aliphatic hydroxyl groups excluding tert-OH is 1. The quantitative estimate of drug-likeness (QED) is 0.615. The summed E-state index contributed by atoms with van der Waals surface area (Å²) >= 11 is 1.35. The summed E-state index contributed by atoms with van der Waals surface area (Å²) in [5.74, 6) is 0.938. The van der Waals surface area contributed by atoms with Gasteiger partial charge in [-0.2, -0.15) is 0 Å². The summed E-state index contributed by atoms with van der Waals surface area (Å²) in [6.45, 7) is 0.297. The van der Waals surface area contributed by atoms with Crippen molar-refractivity contribution in [2.45, 2.75) is 36.7 Å². The van der Waals surface area contributed by atoms with Gasteiger partial charge in [0.15, 0.2) is 0 Å². The number of aryl methyl sites for hydroxylation is 1. The second-order valence-electron chi connectivity index (χ2n) is 6.62. The van der Waals surface area contributed by atoms with Gasteiger partial charge in [-0.3, -0.25) is 0 Å². The standard InChI is InChI=1S/C21H22N2O3S/c24-17(13-25-19-12-6-10-15-7-4-5-11-18(15)19)14-27-21-23-22-20(26-21)16-8-2-1-3-9-16/h1-5,7-9,11,17,19,24H,6,10,12-14H2/t17-,19+/m1/s1. The maximum absolute atomic E-state index is 10.3. The van der Waals surface area contributed by atoms with E-state index in [0.717, 1.165) is 24.8 Å². The first-order valence-electron chi connectivity index (χ1n) is 9.19. The third kappa shape index (κ3) is 4.58. The molecule has 1 aliphatic rings. The van der Waals surface area contributed by atoms with Gasteiger partial charge in [0.2, 0.25) is 5.89 Å². The maximum atomic E-state index is 10.3. The van der Waals surface area contributed by atoms with E-state index in [1.165, 1.54) is 22.9 Å². The molecule has 0 spiro atoms. The second kappa shape index (κ2) is 8.69. The fourth-order valence-electron chi connectivity index (χ4n) is 3.29. The molecule has 1 aromatic heterocycles. The molecule has 140 valence electrons. The van der Waals surface area contributed by atoms with Crippen LogP contribution in [-0.4, -0.2) is 33.8 Å². The molecule has 0 unspecified atom stereocenters. The average Bonchev–Trinajstić information content (AvgIpc) is 3.20. The van der Waals surface area contributed by atoms with E-state index in [2.05, 4.69) is 28.4 Å². The van der Waals surface area contributed by atoms with Crippen LogP contribution in [0.3, 0.4) is 0 Å². The molecule has 4 rings (SSSR count). The number of aromatic nitrogens is 2. The molecule has 2 atom stereocenters. The first kappa shape index (κ1) is 18.2. The van der Waals surface area contributed by atoms with Gasteiger partial charge in [0.05, 0.1) is 18.8 Å². The molecule has 0 aliphatic heterocycles. The highest BCUT2D eigenvalue weighted by atomic mass is 32.2. The zero-order chi connectivity index (χ0) is 18.5. The smallest absolute Gasteiger partial charge is 0.276 e. The van der Waals surface area contributed by atoms with Crippen LogP contribution >= 0.6 is 11.8 Å². The Hall–Kier alpha value is -2.15. The van der Waals surface area contributed by atoms with Crippen LogP contribution in [-0.2, 0) is 11.2 Å². The van der Waals surface area contributed by atoms with Crippen LogP contribution < -0.4 is 0 Å². The lowest BCUT2D eigenvalue weighted by molar-refractivity contribution is -0.00963. The van der Waals surface area contributed by atoms with Crippen molar-refractivity contribution >= 4 is 11.8 Å². The number of nitrogens with zero attached hydrogens (tertiary/aromatic N) is 2. The minimum atomic E-state index is -0.587. The molecule has 0 bridgehead atoms. The Morgan fingerprint density at radius 2 is 1.93 bits per heavy atom. The van der Waals surface area contributed by atoms with E-state index >= 15 is 0 Å². The summed E-state index contributed by atoms with van der Waals surface area (Å²) in [6, 6.07) is 18.1. The predicted molar refractivity (Wildman–Crippen MR) is 105 cm³/mol. The van der Waals surface area contributed by atoms with Gasteiger partial charge < -0.3 is 14.3 Å². The minimum absolute atomic E-state index is 0.0719. The van der Waals surface area contributed by atoms with Gasteiger partial charge in [-0.25, -0.2) is 0 Å². The number of aliphatic hydroxyl groups is 1. The Morgan fingerprint density at radius 3 is 2.81 bits per heavy atom. The highest BCUT2D eigenvalue weighted by Crippen LogP contribution is 2.32. The molecule has 2 aromatic carbocycles. The Morgan fingerprint density at radius 1 is 1.11 bits per heavy atom. The molecular formula is C21H22N2O3S. The Kier molecular flexibility index (Phi) is 5.87. The average molecular weight is 382 g/mol. The minimum Gasteiger partial charge on any atom is -0.411 e. The van der Waals surface area contributed by atoms with E-state index in [1.807, 2.05) is 36.4 Å². The molecule has 1 N–H and O–H groups in total. The number of benzene rings is 2. The topological polar surface area (TPSA) is 68.4 Å². The highest BCUT2D eigenvalue weighted by molar-refractivity contribution is 7.99. The van der Waals surface area contributed by atoms with Crippen molar-refractivity contribution in [2.24, 2.45) is 0 Å². The summed E-state index contributed by atoms with van der Waals surface area (Å²) < 4.78 is 11.7. The molecule has 6 heteroatoms. The summed E-state index contributed by atoms with van der Waals surface area (Å²) in [7, 11) is 0. The Bertz CT molecular complexity index is 869. The zero-order valence-electron chi connectivity index (χ0n) is 15.0. The first-order chi connectivity index (χ1) is 13.3. The predicted octanol–water partition coefficient (Wildman–Crippen LogP) is 4.28. The summed E-state index contributed by atoms with van der Waals surface area (Å²) in [5.41, 5.74) is 3.50. The Labute approximate surface area is 162 Å². The largest absolute Gasteiger partial charge is 0.411 e. The van der Waals surface area contributed by atoms with Crippen molar-refractivity contribution in [2.75, 3.05) is 12.4 Å². The molecule has 0 saturated carbocycles. The number of hydrogen-bond donors (Lipinski definition) is 1. The number of ether oxygens (including phenoxy) is 1. The van der Waals surface area contributed by atoms with Crippen molar-refractivity contribution in [3.8, 4) is 11.5 Å². The van der Waals surface area contributed by atoms with Crippen LogP contribution in [0.5, 0.6) is 0 Å². The molecule has 0 fully saturated rings. The van der Waals surface area contributed by atoms with Gasteiger partial charge in [-0.1, -0.05) is 54.2 Å². The number of fused-ring (bicyclic) bond motifs is 1. The van der Waals surface area contributed by atoms with E-state index in [4.69, 9.17) is 9.15 Å². The van der Waals surface area contributed by atoms with E-state index in [-0.39, 0.29) is 6.10 Å².